The van der Waals surface area contributed by atoms with Gasteiger partial charge >= 0.3 is 5.97 Å². The number of hydrogen-bond acceptors (Lipinski definition) is 4. The Kier molecular flexibility index (Phi) is 3.72. The summed E-state index contributed by atoms with van der Waals surface area (Å²) in [6, 6.07) is 8.61. The van der Waals surface area contributed by atoms with Gasteiger partial charge in [0.25, 0.3) is 5.91 Å². The second-order valence-corrected chi connectivity index (χ2v) is 5.92. The van der Waals surface area contributed by atoms with Crippen LogP contribution in [0.15, 0.2) is 30.3 Å². The molecule has 2 saturated carbocycles. The smallest absolute Gasteiger partial charge is 0.340 e. The molecule has 0 unspecified atom stereocenters. The molecule has 2 aliphatic rings. The Bertz CT molecular complexity index is 612. The fraction of sp³-hybridized carbons (Fsp3) is 0.471. The lowest BCUT2D eigenvalue weighted by atomic mass is 9.79. The summed E-state index contributed by atoms with van der Waals surface area (Å²) in [5.74, 6) is -1.50. The van der Waals surface area contributed by atoms with Gasteiger partial charge < -0.3 is 10.1 Å². The number of Topliss-reactive ketones (excluding diaryl/α,β-unsaturated/α-hetero) is 1. The van der Waals surface area contributed by atoms with E-state index in [1.54, 1.807) is 37.3 Å². The van der Waals surface area contributed by atoms with Gasteiger partial charge in [-0.05, 0) is 38.3 Å². The molecule has 0 aliphatic heterocycles. The second kappa shape index (κ2) is 5.55. The van der Waals surface area contributed by atoms with E-state index >= 15 is 0 Å². The van der Waals surface area contributed by atoms with Crippen LogP contribution in [0.5, 0.6) is 0 Å². The quantitative estimate of drug-likeness (QED) is 0.679. The van der Waals surface area contributed by atoms with Crippen LogP contribution < -0.4 is 5.32 Å². The molecule has 5 heteroatoms. The Morgan fingerprint density at radius 1 is 1.27 bits per heavy atom. The van der Waals surface area contributed by atoms with E-state index in [1.165, 1.54) is 0 Å². The lowest BCUT2D eigenvalue weighted by Crippen LogP contribution is -2.63. The molecule has 1 N–H and O–H groups in total. The molecule has 2 aliphatic carbocycles. The van der Waals surface area contributed by atoms with Crippen molar-refractivity contribution in [3.05, 3.63) is 35.9 Å². The first-order valence-corrected chi connectivity index (χ1v) is 7.68. The molecule has 2 fully saturated rings. The summed E-state index contributed by atoms with van der Waals surface area (Å²) in [6.07, 6.45) is 2.23. The van der Waals surface area contributed by atoms with E-state index < -0.39 is 17.4 Å². The molecule has 0 heterocycles. The highest BCUT2D eigenvalue weighted by Crippen LogP contribution is 2.49. The first kappa shape index (κ1) is 14.8. The van der Waals surface area contributed by atoms with Gasteiger partial charge in [0, 0.05) is 17.4 Å². The largest absolute Gasteiger partial charge is 0.464 e. The molecule has 1 aromatic rings. The van der Waals surface area contributed by atoms with Crippen molar-refractivity contribution in [2.24, 2.45) is 11.8 Å². The van der Waals surface area contributed by atoms with Crippen LogP contribution in [-0.2, 0) is 14.3 Å². The minimum atomic E-state index is -1.49. The van der Waals surface area contributed by atoms with Gasteiger partial charge in [0.05, 0.1) is 6.61 Å². The number of carbonyl (C=O) groups is 3. The highest BCUT2D eigenvalue weighted by molar-refractivity contribution is 6.15. The minimum Gasteiger partial charge on any atom is -0.464 e. The molecule has 1 aromatic carbocycles. The molecule has 22 heavy (non-hydrogen) atoms. The summed E-state index contributed by atoms with van der Waals surface area (Å²) in [7, 11) is 0. The van der Waals surface area contributed by atoms with E-state index in [1.807, 2.05) is 0 Å². The van der Waals surface area contributed by atoms with Crippen molar-refractivity contribution in [2.45, 2.75) is 31.7 Å². The van der Waals surface area contributed by atoms with Crippen molar-refractivity contribution in [1.29, 1.82) is 0 Å². The average Bonchev–Trinajstić information content (AvgIpc) is 3.11. The number of hydrogen-bond donors (Lipinski definition) is 1. The van der Waals surface area contributed by atoms with Crippen LogP contribution in [0.25, 0.3) is 0 Å². The Labute approximate surface area is 129 Å². The van der Waals surface area contributed by atoms with Gasteiger partial charge in [-0.3, -0.25) is 9.59 Å². The number of amides is 1. The Hall–Kier alpha value is -2.17. The van der Waals surface area contributed by atoms with Crippen molar-refractivity contribution in [2.75, 3.05) is 6.61 Å². The SMILES string of the molecule is CCOC(=O)[C@]1(NC(=O)c2ccccc2)C(=O)[C@@H]2CC[C@H]1C2. The predicted molar refractivity (Wildman–Crippen MR) is 79.1 cm³/mol. The number of ether oxygens (including phenoxy) is 1. The van der Waals surface area contributed by atoms with Crippen LogP contribution in [-0.4, -0.2) is 29.8 Å². The van der Waals surface area contributed by atoms with E-state index in [4.69, 9.17) is 4.74 Å². The molecule has 3 atom stereocenters. The van der Waals surface area contributed by atoms with Crippen molar-refractivity contribution in [3.8, 4) is 0 Å². The van der Waals surface area contributed by atoms with E-state index in [9.17, 15) is 14.4 Å². The number of nitrogens with one attached hydrogen (secondary N) is 1. The van der Waals surface area contributed by atoms with Gasteiger partial charge in [-0.1, -0.05) is 18.2 Å². The van der Waals surface area contributed by atoms with E-state index in [0.29, 0.717) is 12.0 Å². The summed E-state index contributed by atoms with van der Waals surface area (Å²) in [5, 5.41) is 2.71. The zero-order chi connectivity index (χ0) is 15.7. The van der Waals surface area contributed by atoms with Crippen molar-refractivity contribution >= 4 is 17.7 Å². The second-order valence-electron chi connectivity index (χ2n) is 5.92. The molecule has 5 nitrogen and oxygen atoms in total. The van der Waals surface area contributed by atoms with Crippen LogP contribution in [0, 0.1) is 11.8 Å². The maximum atomic E-state index is 12.7. The molecule has 3 rings (SSSR count). The Morgan fingerprint density at radius 3 is 2.59 bits per heavy atom. The van der Waals surface area contributed by atoms with E-state index in [0.717, 1.165) is 12.8 Å². The highest BCUT2D eigenvalue weighted by atomic mass is 16.5. The fourth-order valence-electron chi connectivity index (χ4n) is 3.70. The first-order chi connectivity index (χ1) is 10.6. The molecular formula is C17H19NO4. The third kappa shape index (κ3) is 2.12. The molecule has 2 bridgehead atoms. The number of esters is 1. The summed E-state index contributed by atoms with van der Waals surface area (Å²) >= 11 is 0. The molecule has 0 aromatic heterocycles. The number of carbonyl (C=O) groups excluding carboxylic acids is 3. The lowest BCUT2D eigenvalue weighted by Gasteiger charge is -2.34. The van der Waals surface area contributed by atoms with Gasteiger partial charge in [0.1, 0.15) is 0 Å². The maximum Gasteiger partial charge on any atom is 0.340 e. The zero-order valence-electron chi connectivity index (χ0n) is 12.5. The van der Waals surface area contributed by atoms with Crippen LogP contribution in [0.2, 0.25) is 0 Å². The fourth-order valence-corrected chi connectivity index (χ4v) is 3.70. The molecule has 0 radical (unpaired) electrons. The molecule has 116 valence electrons. The molecule has 0 saturated heterocycles. The number of ketones is 1. The van der Waals surface area contributed by atoms with Gasteiger partial charge in [0.15, 0.2) is 5.78 Å². The van der Waals surface area contributed by atoms with Gasteiger partial charge in [-0.2, -0.15) is 0 Å². The summed E-state index contributed by atoms with van der Waals surface area (Å²) in [4.78, 5) is 37.6. The molecular weight excluding hydrogens is 282 g/mol. The predicted octanol–water partition coefficient (Wildman–Crippen LogP) is 1.72. The molecule has 1 amide bonds. The van der Waals surface area contributed by atoms with Gasteiger partial charge in [-0.25, -0.2) is 4.79 Å². The number of benzene rings is 1. The highest BCUT2D eigenvalue weighted by Gasteiger charge is 2.64. The maximum absolute atomic E-state index is 12.7. The Morgan fingerprint density at radius 2 is 2.00 bits per heavy atom. The monoisotopic (exact) mass is 301 g/mol. The third-order valence-corrected chi connectivity index (χ3v) is 4.75. The third-order valence-electron chi connectivity index (χ3n) is 4.75. The van der Waals surface area contributed by atoms with Gasteiger partial charge in [-0.15, -0.1) is 0 Å². The van der Waals surface area contributed by atoms with Crippen LogP contribution in [0.4, 0.5) is 0 Å². The van der Waals surface area contributed by atoms with Crippen molar-refractivity contribution in [3.63, 3.8) is 0 Å². The van der Waals surface area contributed by atoms with Crippen molar-refractivity contribution in [1.82, 2.24) is 5.32 Å². The summed E-state index contributed by atoms with van der Waals surface area (Å²) in [5.41, 5.74) is -1.06. The summed E-state index contributed by atoms with van der Waals surface area (Å²) < 4.78 is 5.11. The Balaban J connectivity index is 1.92. The lowest BCUT2D eigenvalue weighted by molar-refractivity contribution is -0.157. The summed E-state index contributed by atoms with van der Waals surface area (Å²) in [6.45, 7) is 1.88. The van der Waals surface area contributed by atoms with E-state index in [2.05, 4.69) is 5.32 Å². The van der Waals surface area contributed by atoms with Crippen LogP contribution in [0.3, 0.4) is 0 Å². The number of fused-ring (bicyclic) bond motifs is 2. The zero-order valence-corrected chi connectivity index (χ0v) is 12.5. The van der Waals surface area contributed by atoms with Crippen molar-refractivity contribution < 1.29 is 19.1 Å². The number of rotatable bonds is 4. The standard InChI is InChI=1S/C17H19NO4/c1-2-22-16(21)17(13-9-8-12(10-13)14(17)19)18-15(20)11-6-4-3-5-7-11/h3-7,12-13H,2,8-10H2,1H3,(H,18,20)/t12-,13+,17-/m1/s1. The average molecular weight is 301 g/mol. The van der Waals surface area contributed by atoms with Crippen LogP contribution >= 0.6 is 0 Å². The first-order valence-electron chi connectivity index (χ1n) is 7.68. The normalized spacial score (nSPS) is 29.4. The van der Waals surface area contributed by atoms with E-state index in [-0.39, 0.29) is 24.2 Å². The van der Waals surface area contributed by atoms with Gasteiger partial charge in [0.2, 0.25) is 5.54 Å². The van der Waals surface area contributed by atoms with Crippen LogP contribution in [0.1, 0.15) is 36.5 Å². The minimum absolute atomic E-state index is 0.134. The topological polar surface area (TPSA) is 72.5 Å². The molecule has 0 spiro atoms.